The van der Waals surface area contributed by atoms with Crippen molar-refractivity contribution >= 4 is 57.8 Å². The minimum Gasteiger partial charge on any atom is -0.741 e. The van der Waals surface area contributed by atoms with E-state index < -0.39 is 60.6 Å². The first-order valence-electron chi connectivity index (χ1n) is 16.7. The van der Waals surface area contributed by atoms with Gasteiger partial charge in [0.25, 0.3) is 0 Å². The van der Waals surface area contributed by atoms with Gasteiger partial charge in [0, 0.05) is 0 Å². The Balaban J connectivity index is 0.000000218. The molecule has 0 aliphatic heterocycles. The van der Waals surface area contributed by atoms with Gasteiger partial charge >= 0.3 is 25.9 Å². The maximum absolute atomic E-state index is 12.0. The van der Waals surface area contributed by atoms with Gasteiger partial charge in [0.15, 0.2) is 10.1 Å². The third kappa shape index (κ3) is 14.1. The Morgan fingerprint density at radius 2 is 0.569 bits per heavy atom. The normalized spacial score (nSPS) is 10.8. The molecule has 302 valence electrons. The topological polar surface area (TPSA) is 57.2 Å². The van der Waals surface area contributed by atoms with Crippen LogP contribution in [0.3, 0.4) is 0 Å². The predicted molar refractivity (Wildman–Crippen MR) is 214 cm³/mol. The molecule has 7 rings (SSSR count). The van der Waals surface area contributed by atoms with E-state index >= 15 is 0 Å². The molecule has 0 saturated heterocycles. The largest absolute Gasteiger partial charge is 2.00 e. The number of hydrogen-bond acceptors (Lipinski definition) is 3. The number of rotatable bonds is 6. The van der Waals surface area contributed by atoms with Crippen molar-refractivity contribution in [2.75, 3.05) is 0 Å². The summed E-state index contributed by atoms with van der Waals surface area (Å²) in [5.41, 5.74) is -5.65. The molecule has 0 saturated carbocycles. The Kier molecular flexibility index (Phi) is 19.0. The fourth-order valence-electron chi connectivity index (χ4n) is 5.12. The number of alkyl halides is 3. The predicted octanol–water partition coefficient (Wildman–Crippen LogP) is 8.59. The Morgan fingerprint density at radius 3 is 0.724 bits per heavy atom. The van der Waals surface area contributed by atoms with Crippen LogP contribution < -0.4 is 31.8 Å². The van der Waals surface area contributed by atoms with E-state index in [1.54, 1.807) is 0 Å². The average Bonchev–Trinajstić information content (AvgIpc) is 3.22. The molecule has 7 aromatic carbocycles. The van der Waals surface area contributed by atoms with Crippen molar-refractivity contribution in [1.29, 1.82) is 0 Å². The molecule has 0 unspecified atom stereocenters. The summed E-state index contributed by atoms with van der Waals surface area (Å²) in [5.74, 6) is -10.0. The van der Waals surface area contributed by atoms with Crippen LogP contribution in [0.15, 0.2) is 182 Å². The summed E-state index contributed by atoms with van der Waals surface area (Å²) < 4.78 is 119. The molecule has 0 N–H and O–H groups in total. The molecule has 0 atom stereocenters. The summed E-state index contributed by atoms with van der Waals surface area (Å²) in [6, 6.07) is 66.0. The van der Waals surface area contributed by atoms with Crippen LogP contribution in [0.2, 0.25) is 0 Å². The second-order valence-electron chi connectivity index (χ2n) is 11.5. The van der Waals surface area contributed by atoms with Crippen molar-refractivity contribution in [3.8, 4) is 0 Å². The van der Waals surface area contributed by atoms with Crippen molar-refractivity contribution in [3.63, 3.8) is 0 Å². The van der Waals surface area contributed by atoms with Crippen LogP contribution in [0, 0.1) is 35.2 Å². The monoisotopic (exact) mass is 948 g/mol. The molecule has 0 aliphatic rings. The van der Waals surface area contributed by atoms with E-state index in [-0.39, 0.29) is 20.4 Å². The van der Waals surface area contributed by atoms with Gasteiger partial charge < -0.3 is 4.55 Å². The number of benzene rings is 7. The maximum atomic E-state index is 12.0. The number of hydrogen-bond donors (Lipinski definition) is 0. The molecule has 3 nitrogen and oxygen atoms in total. The molecule has 7 aromatic rings. The summed E-state index contributed by atoms with van der Waals surface area (Å²) in [5, 5.41) is 8.61. The molecule has 0 aromatic heterocycles. The maximum Gasteiger partial charge on any atom is 2.00 e. The van der Waals surface area contributed by atoms with Gasteiger partial charge in [-0.05, 0) is 72.8 Å². The van der Waals surface area contributed by atoms with Crippen molar-refractivity contribution in [3.05, 3.63) is 217 Å². The molecule has 0 spiro atoms. The first-order valence-corrected chi connectivity index (χ1v) is 21.1. The molecular formula is C43H32F8O3P2PdS+2. The SMILES string of the molecule is Fc1[c-]c(F)c(F)c(F)c1F.O=S(=O)([O-])C(F)(F)F.[Pd+2].c1ccc([PH+](c2ccccc2)c2ccccc2)cc1.c1ccc([PH+](c2ccccc2)c2ccccc2)cc1. The Labute approximate surface area is 347 Å². The van der Waals surface area contributed by atoms with Crippen molar-refractivity contribution < 1.29 is 68.5 Å². The summed E-state index contributed by atoms with van der Waals surface area (Å²) in [6.45, 7) is 0. The van der Waals surface area contributed by atoms with Gasteiger partial charge in [-0.3, -0.25) is 8.78 Å². The van der Waals surface area contributed by atoms with Gasteiger partial charge in [0.2, 0.25) is 0 Å². The fraction of sp³-hybridized carbons (Fsp3) is 0.0233. The minimum absolute atomic E-state index is 0. The fourth-order valence-corrected chi connectivity index (χ4v) is 10.3. The van der Waals surface area contributed by atoms with E-state index in [1.165, 1.54) is 31.8 Å². The second-order valence-corrected chi connectivity index (χ2v) is 17.9. The number of halogens is 8. The van der Waals surface area contributed by atoms with Crippen molar-refractivity contribution in [2.24, 2.45) is 0 Å². The zero-order valence-corrected chi connectivity index (χ0v) is 34.2. The van der Waals surface area contributed by atoms with Crippen molar-refractivity contribution in [1.82, 2.24) is 0 Å². The van der Waals surface area contributed by atoms with Gasteiger partial charge in [0.1, 0.15) is 31.8 Å². The summed E-state index contributed by atoms with van der Waals surface area (Å²) >= 11 is 0. The van der Waals surface area contributed by atoms with Gasteiger partial charge in [-0.25, -0.2) is 21.6 Å². The third-order valence-electron chi connectivity index (χ3n) is 7.65. The van der Waals surface area contributed by atoms with Crippen LogP contribution >= 0.6 is 15.8 Å². The van der Waals surface area contributed by atoms with Gasteiger partial charge in [-0.2, -0.15) is 13.2 Å². The smallest absolute Gasteiger partial charge is 0.741 e. The van der Waals surface area contributed by atoms with Crippen LogP contribution in [-0.2, 0) is 30.5 Å². The second kappa shape index (κ2) is 23.1. The van der Waals surface area contributed by atoms with Gasteiger partial charge in [-0.15, -0.1) is 6.07 Å². The average molecular weight is 949 g/mol. The van der Waals surface area contributed by atoms with Gasteiger partial charge in [0.05, 0.1) is 44.9 Å². The van der Waals surface area contributed by atoms with E-state index in [0.29, 0.717) is 0 Å². The van der Waals surface area contributed by atoms with Crippen molar-refractivity contribution in [2.45, 2.75) is 5.51 Å². The molecule has 0 amide bonds. The zero-order valence-electron chi connectivity index (χ0n) is 29.8. The molecule has 0 bridgehead atoms. The molecule has 0 radical (unpaired) electrons. The Morgan fingerprint density at radius 1 is 0.397 bits per heavy atom. The standard InChI is InChI=1S/2C18H15P.C6F5.CHF3O3S.Pd/c2*1-4-10-16(11-5-1)19(17-12-6-2-7-13-17)18-14-8-3-9-15-18;7-2-1-3(8)5(10)6(11)4(2)9;2-1(3,4)8(5,6)7;/h2*1-15H;;(H,5,6,7);/q;;-1;;+2/p+1. The Hall–Kier alpha value is -4.59. The first kappa shape index (κ1) is 47.8. The molecular weight excluding hydrogens is 917 g/mol. The van der Waals surface area contributed by atoms with E-state index in [0.717, 1.165) is 6.07 Å². The summed E-state index contributed by atoms with van der Waals surface area (Å²) in [4.78, 5) is 0. The van der Waals surface area contributed by atoms with E-state index in [4.69, 9.17) is 13.0 Å². The Bertz CT molecular complexity index is 2040. The first-order chi connectivity index (χ1) is 27.2. The summed E-state index contributed by atoms with van der Waals surface area (Å²) in [6.07, 6.45) is 0. The van der Waals surface area contributed by atoms with E-state index in [1.807, 2.05) is 0 Å². The van der Waals surface area contributed by atoms with Crippen LogP contribution in [0.5, 0.6) is 0 Å². The third-order valence-corrected chi connectivity index (χ3v) is 13.7. The summed E-state index contributed by atoms with van der Waals surface area (Å²) in [7, 11) is -7.84. The molecule has 0 aliphatic carbocycles. The quantitative estimate of drug-likeness (QED) is 0.0246. The van der Waals surface area contributed by atoms with Gasteiger partial charge in [-0.1, -0.05) is 109 Å². The van der Waals surface area contributed by atoms with Crippen LogP contribution in [0.1, 0.15) is 0 Å². The van der Waals surface area contributed by atoms with Crippen LogP contribution in [0.4, 0.5) is 35.1 Å². The van der Waals surface area contributed by atoms with Crippen LogP contribution in [-0.4, -0.2) is 18.5 Å². The molecule has 0 fully saturated rings. The van der Waals surface area contributed by atoms with E-state index in [9.17, 15) is 35.1 Å². The molecule has 0 heterocycles. The zero-order chi connectivity index (χ0) is 41.4. The van der Waals surface area contributed by atoms with Crippen LogP contribution in [0.25, 0.3) is 0 Å². The molecule has 15 heteroatoms. The minimum atomic E-state index is -6.09. The molecule has 58 heavy (non-hydrogen) atoms. The van der Waals surface area contributed by atoms with E-state index in [2.05, 4.69) is 182 Å².